The molecule has 2 nitrogen and oxygen atoms in total. The van der Waals surface area contributed by atoms with E-state index in [1.165, 1.54) is 18.2 Å². The zero-order valence-electron chi connectivity index (χ0n) is 9.57. The number of hydrogen-bond donors (Lipinski definition) is 2. The Bertz CT molecular complexity index is 432. The lowest BCUT2D eigenvalue weighted by molar-refractivity contribution is -0.0328. The van der Waals surface area contributed by atoms with Crippen LogP contribution < -0.4 is 5.73 Å². The molecule has 1 saturated carbocycles. The molecular weight excluding hydrogens is 263 g/mol. The second kappa shape index (κ2) is 5.01. The van der Waals surface area contributed by atoms with E-state index in [0.29, 0.717) is 5.56 Å². The Morgan fingerprint density at radius 1 is 1.33 bits per heavy atom. The number of halogens is 3. The predicted octanol–water partition coefficient (Wildman–Crippen LogP) is 3.80. The first-order valence-electron chi connectivity index (χ1n) is 5.71. The van der Waals surface area contributed by atoms with Crippen molar-refractivity contribution in [1.29, 1.82) is 0 Å². The van der Waals surface area contributed by atoms with Gasteiger partial charge in [-0.25, -0.2) is 0 Å². The molecule has 6 heteroatoms. The number of nitrogens with two attached hydrogens (primary N) is 1. The molecule has 1 aromatic carbocycles. The summed E-state index contributed by atoms with van der Waals surface area (Å²) in [6, 6.07) is 3.50. The monoisotopic (exact) mass is 277 g/mol. The zero-order valence-corrected chi connectivity index (χ0v) is 10.4. The van der Waals surface area contributed by atoms with Crippen molar-refractivity contribution in [2.24, 2.45) is 11.7 Å². The van der Waals surface area contributed by atoms with E-state index in [1.54, 1.807) is 0 Å². The van der Waals surface area contributed by atoms with Crippen LogP contribution in [0.2, 0.25) is 0 Å². The van der Waals surface area contributed by atoms with E-state index in [0.717, 1.165) is 19.3 Å². The van der Waals surface area contributed by atoms with Gasteiger partial charge in [0.25, 0.3) is 0 Å². The summed E-state index contributed by atoms with van der Waals surface area (Å²) in [6.45, 7) is 0. The number of alkyl halides is 3. The molecule has 100 valence electrons. The van der Waals surface area contributed by atoms with Crippen LogP contribution in [0.15, 0.2) is 23.1 Å². The first-order valence-corrected chi connectivity index (χ1v) is 6.53. The fourth-order valence-electron chi connectivity index (χ4n) is 2.05. The molecule has 0 heterocycles. The minimum absolute atomic E-state index is 0.0269. The quantitative estimate of drug-likeness (QED) is 0.826. The maximum Gasteiger partial charge on any atom is 0.446 e. The minimum atomic E-state index is -4.32. The topological polar surface area (TPSA) is 46.2 Å². The number of aromatic hydroxyl groups is 1. The van der Waals surface area contributed by atoms with Crippen LogP contribution in [0.3, 0.4) is 0 Å². The van der Waals surface area contributed by atoms with E-state index in [1.807, 2.05) is 0 Å². The number of rotatable bonds is 3. The summed E-state index contributed by atoms with van der Waals surface area (Å²) in [5.74, 6) is 0.239. The third kappa shape index (κ3) is 3.11. The number of phenolic OH excluding ortho intramolecular Hbond substituents is 1. The molecule has 0 radical (unpaired) electrons. The highest BCUT2D eigenvalue weighted by molar-refractivity contribution is 8.00. The smallest absolute Gasteiger partial charge is 0.446 e. The van der Waals surface area contributed by atoms with Gasteiger partial charge in [0, 0.05) is 16.5 Å². The number of benzene rings is 1. The van der Waals surface area contributed by atoms with Gasteiger partial charge in [-0.2, -0.15) is 13.2 Å². The highest BCUT2D eigenvalue weighted by Crippen LogP contribution is 2.42. The fourth-order valence-corrected chi connectivity index (χ4v) is 2.64. The fraction of sp³-hybridized carbons (Fsp3) is 0.500. The van der Waals surface area contributed by atoms with Crippen LogP contribution >= 0.6 is 11.8 Å². The summed E-state index contributed by atoms with van der Waals surface area (Å²) in [4.78, 5) is 0.0603. The molecule has 0 aromatic heterocycles. The summed E-state index contributed by atoms with van der Waals surface area (Å²) in [7, 11) is 0. The molecule has 0 amide bonds. The van der Waals surface area contributed by atoms with Crippen molar-refractivity contribution in [2.75, 3.05) is 0 Å². The maximum absolute atomic E-state index is 12.3. The molecule has 1 aliphatic carbocycles. The van der Waals surface area contributed by atoms with Crippen molar-refractivity contribution in [3.63, 3.8) is 0 Å². The Morgan fingerprint density at radius 3 is 2.50 bits per heavy atom. The van der Waals surface area contributed by atoms with Crippen molar-refractivity contribution in [2.45, 2.75) is 35.7 Å². The molecule has 2 rings (SSSR count). The minimum Gasteiger partial charge on any atom is -0.508 e. The molecule has 1 fully saturated rings. The predicted molar refractivity (Wildman–Crippen MR) is 64.3 cm³/mol. The van der Waals surface area contributed by atoms with Gasteiger partial charge < -0.3 is 10.8 Å². The third-order valence-electron chi connectivity index (χ3n) is 3.25. The van der Waals surface area contributed by atoms with E-state index in [9.17, 15) is 18.3 Å². The van der Waals surface area contributed by atoms with Crippen LogP contribution in [0.5, 0.6) is 5.75 Å². The highest BCUT2D eigenvalue weighted by atomic mass is 32.2. The van der Waals surface area contributed by atoms with Crippen LogP contribution in [0.25, 0.3) is 0 Å². The van der Waals surface area contributed by atoms with Gasteiger partial charge in [0.05, 0.1) is 0 Å². The molecule has 1 aliphatic rings. The summed E-state index contributed by atoms with van der Waals surface area (Å²) < 4.78 is 36.8. The molecule has 1 aromatic rings. The van der Waals surface area contributed by atoms with Gasteiger partial charge in [0.15, 0.2) is 0 Å². The van der Waals surface area contributed by atoms with Crippen molar-refractivity contribution in [3.05, 3.63) is 23.8 Å². The average molecular weight is 277 g/mol. The zero-order chi connectivity index (χ0) is 13.3. The van der Waals surface area contributed by atoms with Crippen LogP contribution in [0.1, 0.15) is 30.9 Å². The maximum atomic E-state index is 12.3. The molecular formula is C12H14F3NOS. The molecule has 0 bridgehead atoms. The second-order valence-corrected chi connectivity index (χ2v) is 5.62. The highest BCUT2D eigenvalue weighted by Gasteiger charge is 2.31. The van der Waals surface area contributed by atoms with Crippen molar-refractivity contribution in [1.82, 2.24) is 0 Å². The summed E-state index contributed by atoms with van der Waals surface area (Å²) in [5, 5.41) is 9.70. The summed E-state index contributed by atoms with van der Waals surface area (Å²) in [6.07, 6.45) is 3.03. The Hall–Kier alpha value is -0.880. The Kier molecular flexibility index (Phi) is 3.77. The van der Waals surface area contributed by atoms with E-state index in [2.05, 4.69) is 0 Å². The van der Waals surface area contributed by atoms with Crippen molar-refractivity contribution in [3.8, 4) is 5.75 Å². The van der Waals surface area contributed by atoms with Gasteiger partial charge in [-0.3, -0.25) is 0 Å². The van der Waals surface area contributed by atoms with Crippen LogP contribution in [0, 0.1) is 5.92 Å². The average Bonchev–Trinajstić information content (AvgIpc) is 2.16. The first-order chi connectivity index (χ1) is 8.37. The van der Waals surface area contributed by atoms with E-state index < -0.39 is 5.51 Å². The third-order valence-corrected chi connectivity index (χ3v) is 3.97. The molecule has 0 aliphatic heterocycles. The number of thioether (sulfide) groups is 1. The molecule has 0 spiro atoms. The van der Waals surface area contributed by atoms with Gasteiger partial charge in [-0.05, 0) is 48.7 Å². The summed E-state index contributed by atoms with van der Waals surface area (Å²) in [5.41, 5.74) is 2.07. The van der Waals surface area contributed by atoms with Crippen LogP contribution in [-0.4, -0.2) is 10.6 Å². The molecule has 1 atom stereocenters. The molecule has 18 heavy (non-hydrogen) atoms. The standard InChI is InChI=1S/C12H14F3NOS/c13-12(14,15)18-8-4-5-10(17)9(6-8)11(16)7-2-1-3-7/h4-7,11,17H,1-3,16H2/t11-/m0/s1. The Morgan fingerprint density at radius 2 is 2.00 bits per heavy atom. The molecule has 0 unspecified atom stereocenters. The van der Waals surface area contributed by atoms with E-state index >= 15 is 0 Å². The van der Waals surface area contributed by atoms with Gasteiger partial charge in [-0.15, -0.1) is 0 Å². The van der Waals surface area contributed by atoms with E-state index in [4.69, 9.17) is 5.73 Å². The van der Waals surface area contributed by atoms with E-state index in [-0.39, 0.29) is 34.4 Å². The lowest BCUT2D eigenvalue weighted by atomic mass is 9.77. The Labute approximate surface area is 107 Å². The number of hydrogen-bond acceptors (Lipinski definition) is 3. The largest absolute Gasteiger partial charge is 0.508 e. The van der Waals surface area contributed by atoms with Gasteiger partial charge in [-0.1, -0.05) is 6.42 Å². The van der Waals surface area contributed by atoms with Crippen LogP contribution in [-0.2, 0) is 0 Å². The summed E-state index contributed by atoms with van der Waals surface area (Å²) >= 11 is -0.188. The number of phenols is 1. The second-order valence-electron chi connectivity index (χ2n) is 4.49. The van der Waals surface area contributed by atoms with Gasteiger partial charge >= 0.3 is 5.51 Å². The van der Waals surface area contributed by atoms with Crippen LogP contribution in [0.4, 0.5) is 13.2 Å². The first kappa shape index (κ1) is 13.5. The lowest BCUT2D eigenvalue weighted by Gasteiger charge is -2.31. The van der Waals surface area contributed by atoms with Crippen molar-refractivity contribution < 1.29 is 18.3 Å². The van der Waals surface area contributed by atoms with Crippen molar-refractivity contribution >= 4 is 11.8 Å². The Balaban J connectivity index is 2.20. The van der Waals surface area contributed by atoms with Gasteiger partial charge in [0.2, 0.25) is 0 Å². The van der Waals surface area contributed by atoms with Gasteiger partial charge in [0.1, 0.15) is 5.75 Å². The molecule has 0 saturated heterocycles. The molecule has 3 N–H and O–H groups in total. The normalized spacial score (nSPS) is 18.4. The lowest BCUT2D eigenvalue weighted by Crippen LogP contribution is -2.26. The SMILES string of the molecule is N[C@H](c1cc(SC(F)(F)F)ccc1O)C1CCC1.